The normalized spacial score (nSPS) is 19.5. The van der Waals surface area contributed by atoms with E-state index in [0.29, 0.717) is 23.9 Å². The van der Waals surface area contributed by atoms with Crippen molar-refractivity contribution in [2.24, 2.45) is 11.8 Å². The molecular formula is C32H44N2. The molecule has 2 aromatic rings. The summed E-state index contributed by atoms with van der Waals surface area (Å²) in [6, 6.07) is 22.5. The summed E-state index contributed by atoms with van der Waals surface area (Å²) in [7, 11) is 4.59. The Labute approximate surface area is 208 Å². The zero-order valence-corrected chi connectivity index (χ0v) is 21.5. The van der Waals surface area contributed by atoms with Crippen LogP contribution >= 0.6 is 0 Å². The second kappa shape index (κ2) is 13.1. The van der Waals surface area contributed by atoms with Crippen molar-refractivity contribution in [1.29, 1.82) is 0 Å². The van der Waals surface area contributed by atoms with E-state index in [9.17, 15) is 0 Å². The van der Waals surface area contributed by atoms with Gasteiger partial charge in [0.05, 0.1) is 12.1 Å². The van der Waals surface area contributed by atoms with Crippen molar-refractivity contribution in [1.82, 2.24) is 9.80 Å². The molecule has 2 fully saturated rings. The zero-order valence-electron chi connectivity index (χ0n) is 21.5. The van der Waals surface area contributed by atoms with Crippen LogP contribution in [0.3, 0.4) is 0 Å². The van der Waals surface area contributed by atoms with E-state index in [1.54, 1.807) is 0 Å². The van der Waals surface area contributed by atoms with Crippen molar-refractivity contribution in [3.63, 3.8) is 0 Å². The fourth-order valence-electron chi connectivity index (χ4n) is 6.19. The molecule has 2 unspecified atom stereocenters. The Morgan fingerprint density at radius 2 is 0.941 bits per heavy atom. The summed E-state index contributed by atoms with van der Waals surface area (Å²) < 4.78 is 0. The predicted octanol–water partition coefficient (Wildman–Crippen LogP) is 7.15. The van der Waals surface area contributed by atoms with E-state index in [4.69, 9.17) is 0 Å². The van der Waals surface area contributed by atoms with Crippen LogP contribution < -0.4 is 0 Å². The predicted molar refractivity (Wildman–Crippen MR) is 144 cm³/mol. The van der Waals surface area contributed by atoms with Crippen molar-refractivity contribution in [3.8, 4) is 11.8 Å². The van der Waals surface area contributed by atoms with E-state index in [-0.39, 0.29) is 0 Å². The first-order valence-electron chi connectivity index (χ1n) is 13.7. The van der Waals surface area contributed by atoms with Crippen molar-refractivity contribution in [3.05, 3.63) is 71.8 Å². The van der Waals surface area contributed by atoms with Crippen molar-refractivity contribution >= 4 is 0 Å². The maximum Gasteiger partial charge on any atom is 0.0744 e. The second-order valence-electron chi connectivity index (χ2n) is 10.8. The molecule has 2 aliphatic carbocycles. The summed E-state index contributed by atoms with van der Waals surface area (Å²) in [6.45, 7) is 1.95. The molecule has 2 nitrogen and oxygen atoms in total. The van der Waals surface area contributed by atoms with Gasteiger partial charge in [0, 0.05) is 13.1 Å². The quantitative estimate of drug-likeness (QED) is 0.389. The summed E-state index contributed by atoms with van der Waals surface area (Å²) in [6.07, 6.45) is 13.5. The molecule has 2 aromatic carbocycles. The zero-order chi connectivity index (χ0) is 23.6. The van der Waals surface area contributed by atoms with Gasteiger partial charge < -0.3 is 0 Å². The molecule has 2 saturated carbocycles. The molecule has 0 spiro atoms. The van der Waals surface area contributed by atoms with E-state index in [1.165, 1.54) is 75.3 Å². The SMILES string of the molecule is CN(Cc1ccccc1)C(C#CC(C1CCCCC1)N(C)Cc1ccccc1)C1CCCCC1. The molecule has 2 atom stereocenters. The van der Waals surface area contributed by atoms with Crippen molar-refractivity contribution in [2.45, 2.75) is 89.4 Å². The van der Waals surface area contributed by atoms with Crippen molar-refractivity contribution < 1.29 is 0 Å². The molecule has 0 N–H and O–H groups in total. The van der Waals surface area contributed by atoms with Crippen LogP contribution in [0.4, 0.5) is 0 Å². The van der Waals surface area contributed by atoms with Crippen LogP contribution in [0.2, 0.25) is 0 Å². The van der Waals surface area contributed by atoms with E-state index in [0.717, 1.165) is 13.1 Å². The summed E-state index contributed by atoms with van der Waals surface area (Å²) >= 11 is 0. The molecule has 0 bridgehead atoms. The fourth-order valence-corrected chi connectivity index (χ4v) is 6.19. The van der Waals surface area contributed by atoms with Gasteiger partial charge in [-0.1, -0.05) is 111 Å². The minimum Gasteiger partial charge on any atom is -0.288 e. The molecule has 2 aliphatic rings. The molecule has 182 valence electrons. The monoisotopic (exact) mass is 456 g/mol. The molecule has 0 amide bonds. The average molecular weight is 457 g/mol. The van der Waals surface area contributed by atoms with E-state index >= 15 is 0 Å². The smallest absolute Gasteiger partial charge is 0.0744 e. The lowest BCUT2D eigenvalue weighted by atomic mass is 9.81. The minimum atomic E-state index is 0.344. The van der Waals surface area contributed by atoms with Gasteiger partial charge in [-0.2, -0.15) is 0 Å². The van der Waals surface area contributed by atoms with Crippen LogP contribution in [-0.4, -0.2) is 36.0 Å². The van der Waals surface area contributed by atoms with Crippen LogP contribution in [0.1, 0.15) is 75.3 Å². The van der Waals surface area contributed by atoms with E-state index in [2.05, 4.69) is 96.4 Å². The van der Waals surface area contributed by atoms with Gasteiger partial charge >= 0.3 is 0 Å². The average Bonchev–Trinajstić information content (AvgIpc) is 2.89. The van der Waals surface area contributed by atoms with Gasteiger partial charge in [0.25, 0.3) is 0 Å². The first kappa shape index (κ1) is 25.0. The Bertz CT molecular complexity index is 811. The summed E-state index contributed by atoms with van der Waals surface area (Å²) in [5, 5.41) is 0. The van der Waals surface area contributed by atoms with Crippen LogP contribution in [-0.2, 0) is 13.1 Å². The highest BCUT2D eigenvalue weighted by Crippen LogP contribution is 2.31. The Balaban J connectivity index is 1.56. The van der Waals surface area contributed by atoms with Gasteiger partial charge in [0.15, 0.2) is 0 Å². The van der Waals surface area contributed by atoms with Crippen LogP contribution in [0.5, 0.6) is 0 Å². The highest BCUT2D eigenvalue weighted by Gasteiger charge is 2.28. The molecule has 0 aliphatic heterocycles. The largest absolute Gasteiger partial charge is 0.288 e. The third-order valence-corrected chi connectivity index (χ3v) is 8.07. The molecule has 0 saturated heterocycles. The van der Waals surface area contributed by atoms with Crippen LogP contribution in [0.25, 0.3) is 0 Å². The van der Waals surface area contributed by atoms with Crippen LogP contribution in [0.15, 0.2) is 60.7 Å². The summed E-state index contributed by atoms with van der Waals surface area (Å²) in [5.74, 6) is 9.21. The van der Waals surface area contributed by atoms with Crippen LogP contribution in [0, 0.1) is 23.7 Å². The van der Waals surface area contributed by atoms with Gasteiger partial charge in [-0.05, 0) is 62.7 Å². The third kappa shape index (κ3) is 7.21. The molecule has 0 aromatic heterocycles. The first-order chi connectivity index (χ1) is 16.7. The molecule has 0 radical (unpaired) electrons. The van der Waals surface area contributed by atoms with E-state index < -0.39 is 0 Å². The van der Waals surface area contributed by atoms with Gasteiger partial charge in [0.2, 0.25) is 0 Å². The van der Waals surface area contributed by atoms with Crippen molar-refractivity contribution in [2.75, 3.05) is 14.1 Å². The lowest BCUT2D eigenvalue weighted by Gasteiger charge is -2.35. The molecular weight excluding hydrogens is 412 g/mol. The van der Waals surface area contributed by atoms with Gasteiger partial charge in [0.1, 0.15) is 0 Å². The number of nitrogens with zero attached hydrogens (tertiary/aromatic N) is 2. The summed E-state index contributed by atoms with van der Waals surface area (Å²) in [4.78, 5) is 5.07. The third-order valence-electron chi connectivity index (χ3n) is 8.07. The van der Waals surface area contributed by atoms with Gasteiger partial charge in [-0.25, -0.2) is 0 Å². The number of hydrogen-bond donors (Lipinski definition) is 0. The summed E-state index contributed by atoms with van der Waals surface area (Å²) in [5.41, 5.74) is 2.77. The van der Waals surface area contributed by atoms with Gasteiger partial charge in [-0.15, -0.1) is 0 Å². The Kier molecular flexibility index (Phi) is 9.66. The standard InChI is InChI=1S/C32H44N2/c1-33(25-27-15-7-3-8-16-27)31(29-19-11-5-12-20-29)23-24-32(30-21-13-6-14-22-30)34(2)26-28-17-9-4-10-18-28/h3-4,7-10,15-18,29-32H,5-6,11-14,19-22,25-26H2,1-2H3. The molecule has 2 heteroatoms. The maximum absolute atomic E-state index is 3.91. The topological polar surface area (TPSA) is 6.48 Å². The molecule has 4 rings (SSSR count). The second-order valence-corrected chi connectivity index (χ2v) is 10.8. The lowest BCUT2D eigenvalue weighted by molar-refractivity contribution is 0.172. The number of benzene rings is 2. The Morgan fingerprint density at radius 1 is 0.588 bits per heavy atom. The minimum absolute atomic E-state index is 0.344. The number of hydrogen-bond acceptors (Lipinski definition) is 2. The first-order valence-corrected chi connectivity index (χ1v) is 13.7. The Morgan fingerprint density at radius 3 is 1.29 bits per heavy atom. The highest BCUT2D eigenvalue weighted by molar-refractivity contribution is 5.20. The maximum atomic E-state index is 3.91. The van der Waals surface area contributed by atoms with Gasteiger partial charge in [-0.3, -0.25) is 9.80 Å². The number of rotatable bonds is 8. The van der Waals surface area contributed by atoms with E-state index in [1.807, 2.05) is 0 Å². The lowest BCUT2D eigenvalue weighted by Crippen LogP contribution is -2.40. The molecule has 34 heavy (non-hydrogen) atoms. The fraction of sp³-hybridized carbons (Fsp3) is 0.562. The highest BCUT2D eigenvalue weighted by atomic mass is 15.1. The molecule has 0 heterocycles. The Hall–Kier alpha value is -2.08.